The standard InChI is InChI=1S/C18H18O4.Na/c1-14(19)22-18(17(20)21,12-15-8-4-2-5-9-15)13-16-10-6-3-7-11-16;/h2-11H,12-13H2,1H3,(H,20,21);/q;+1/p-1. The fourth-order valence-corrected chi connectivity index (χ4v) is 2.45. The van der Waals surface area contributed by atoms with Crippen LogP contribution in [0.5, 0.6) is 0 Å². The van der Waals surface area contributed by atoms with Crippen molar-refractivity contribution in [2.24, 2.45) is 0 Å². The van der Waals surface area contributed by atoms with Gasteiger partial charge in [0.15, 0.2) is 5.60 Å². The first-order chi connectivity index (χ1) is 10.5. The van der Waals surface area contributed by atoms with E-state index in [-0.39, 0.29) is 42.4 Å². The maximum absolute atomic E-state index is 11.8. The predicted octanol–water partition coefficient (Wildman–Crippen LogP) is -1.47. The molecule has 23 heavy (non-hydrogen) atoms. The number of carboxylic acid groups (broad SMARTS) is 1. The molecule has 5 heteroatoms. The van der Waals surface area contributed by atoms with Crippen molar-refractivity contribution in [3.05, 3.63) is 71.8 Å². The van der Waals surface area contributed by atoms with E-state index in [1.807, 2.05) is 36.4 Å². The van der Waals surface area contributed by atoms with Crippen molar-refractivity contribution in [3.8, 4) is 0 Å². The van der Waals surface area contributed by atoms with Gasteiger partial charge in [-0.25, -0.2) is 0 Å². The average molecular weight is 320 g/mol. The average Bonchev–Trinajstić information content (AvgIpc) is 2.48. The number of benzene rings is 2. The van der Waals surface area contributed by atoms with Gasteiger partial charge in [0.05, 0.1) is 5.97 Å². The van der Waals surface area contributed by atoms with Gasteiger partial charge in [-0.1, -0.05) is 60.7 Å². The van der Waals surface area contributed by atoms with Gasteiger partial charge in [0, 0.05) is 19.8 Å². The van der Waals surface area contributed by atoms with Crippen LogP contribution in [-0.4, -0.2) is 17.5 Å². The minimum absolute atomic E-state index is 0. The second-order valence-electron chi connectivity index (χ2n) is 5.20. The molecule has 2 rings (SSSR count). The molecule has 0 N–H and O–H groups in total. The van der Waals surface area contributed by atoms with Crippen LogP contribution in [0.3, 0.4) is 0 Å². The summed E-state index contributed by atoms with van der Waals surface area (Å²) < 4.78 is 5.21. The van der Waals surface area contributed by atoms with Crippen LogP contribution in [0.2, 0.25) is 0 Å². The van der Waals surface area contributed by atoms with Gasteiger partial charge >= 0.3 is 35.5 Å². The molecule has 0 saturated carbocycles. The van der Waals surface area contributed by atoms with Crippen LogP contribution < -0.4 is 34.7 Å². The minimum Gasteiger partial charge on any atom is -0.546 e. The van der Waals surface area contributed by atoms with Gasteiger partial charge in [-0.3, -0.25) is 4.79 Å². The number of carboxylic acids is 1. The van der Waals surface area contributed by atoms with Crippen LogP contribution in [0.1, 0.15) is 18.1 Å². The third-order valence-corrected chi connectivity index (χ3v) is 3.38. The zero-order chi connectivity index (χ0) is 16.0. The zero-order valence-electron chi connectivity index (χ0n) is 13.3. The van der Waals surface area contributed by atoms with Crippen molar-refractivity contribution < 1.29 is 49.0 Å². The van der Waals surface area contributed by atoms with Crippen LogP contribution in [0.25, 0.3) is 0 Å². The number of hydrogen-bond donors (Lipinski definition) is 0. The maximum Gasteiger partial charge on any atom is 1.00 e. The predicted molar refractivity (Wildman–Crippen MR) is 79.8 cm³/mol. The summed E-state index contributed by atoms with van der Waals surface area (Å²) in [5.74, 6) is -2.04. The number of hydrogen-bond acceptors (Lipinski definition) is 4. The van der Waals surface area contributed by atoms with Crippen molar-refractivity contribution in [1.29, 1.82) is 0 Å². The summed E-state index contributed by atoms with van der Waals surface area (Å²) in [4.78, 5) is 23.2. The molecule has 2 aromatic carbocycles. The summed E-state index contributed by atoms with van der Waals surface area (Å²) >= 11 is 0. The maximum atomic E-state index is 11.8. The Morgan fingerprint density at radius 3 is 1.61 bits per heavy atom. The van der Waals surface area contributed by atoms with Gasteiger partial charge in [-0.15, -0.1) is 0 Å². The molecule has 0 atom stereocenters. The third-order valence-electron chi connectivity index (χ3n) is 3.38. The van der Waals surface area contributed by atoms with E-state index < -0.39 is 17.5 Å². The molecular weight excluding hydrogens is 303 g/mol. The number of carbonyl (C=O) groups is 2. The van der Waals surface area contributed by atoms with E-state index in [9.17, 15) is 14.7 Å². The molecule has 0 spiro atoms. The van der Waals surface area contributed by atoms with Crippen LogP contribution in [-0.2, 0) is 27.2 Å². The van der Waals surface area contributed by atoms with E-state index >= 15 is 0 Å². The quantitative estimate of drug-likeness (QED) is 0.481. The molecule has 0 aliphatic rings. The molecule has 0 aromatic heterocycles. The Bertz CT molecular complexity index is 599. The molecule has 114 valence electrons. The second kappa shape index (κ2) is 8.87. The molecule has 0 heterocycles. The van der Waals surface area contributed by atoms with E-state index in [1.165, 1.54) is 6.92 Å². The molecule has 0 amide bonds. The molecular formula is C18H17NaO4. The van der Waals surface area contributed by atoms with E-state index in [4.69, 9.17) is 4.74 Å². The molecule has 2 aromatic rings. The van der Waals surface area contributed by atoms with Gasteiger partial charge in [-0.2, -0.15) is 0 Å². The van der Waals surface area contributed by atoms with Crippen LogP contribution >= 0.6 is 0 Å². The Balaban J connectivity index is 0.00000264. The number of carbonyl (C=O) groups excluding carboxylic acids is 2. The van der Waals surface area contributed by atoms with Crippen LogP contribution in [0.15, 0.2) is 60.7 Å². The van der Waals surface area contributed by atoms with E-state index in [2.05, 4.69) is 0 Å². The van der Waals surface area contributed by atoms with Gasteiger partial charge in [-0.05, 0) is 11.1 Å². The SMILES string of the molecule is CC(=O)OC(Cc1ccccc1)(Cc1ccccc1)C(=O)[O-].[Na+]. The molecule has 0 bridgehead atoms. The second-order valence-corrected chi connectivity index (χ2v) is 5.20. The van der Waals surface area contributed by atoms with Crippen LogP contribution in [0, 0.1) is 0 Å². The molecule has 0 radical (unpaired) electrons. The summed E-state index contributed by atoms with van der Waals surface area (Å²) in [6.07, 6.45) is 0.120. The van der Waals surface area contributed by atoms with Gasteiger partial charge in [0.2, 0.25) is 0 Å². The Hall–Kier alpha value is -1.62. The summed E-state index contributed by atoms with van der Waals surface area (Å²) in [5, 5.41) is 11.8. The zero-order valence-corrected chi connectivity index (χ0v) is 15.3. The van der Waals surface area contributed by atoms with Crippen molar-refractivity contribution in [2.75, 3.05) is 0 Å². The van der Waals surface area contributed by atoms with E-state index in [1.54, 1.807) is 24.3 Å². The minimum atomic E-state index is -1.71. The topological polar surface area (TPSA) is 66.4 Å². The van der Waals surface area contributed by atoms with Crippen LogP contribution in [0.4, 0.5) is 0 Å². The van der Waals surface area contributed by atoms with Crippen molar-refractivity contribution in [3.63, 3.8) is 0 Å². The first kappa shape index (κ1) is 19.4. The van der Waals surface area contributed by atoms with E-state index in [0.29, 0.717) is 0 Å². The number of rotatable bonds is 6. The van der Waals surface area contributed by atoms with Gasteiger partial charge < -0.3 is 14.6 Å². The van der Waals surface area contributed by atoms with Crippen molar-refractivity contribution in [2.45, 2.75) is 25.4 Å². The van der Waals surface area contributed by atoms with Crippen molar-refractivity contribution >= 4 is 11.9 Å². The first-order valence-electron chi connectivity index (χ1n) is 7.01. The Morgan fingerprint density at radius 1 is 0.913 bits per heavy atom. The Kier molecular flexibility index (Phi) is 7.49. The largest absolute Gasteiger partial charge is 1.00 e. The Labute approximate surface area is 157 Å². The third kappa shape index (κ3) is 5.50. The molecule has 4 nitrogen and oxygen atoms in total. The fourth-order valence-electron chi connectivity index (χ4n) is 2.45. The smallest absolute Gasteiger partial charge is 0.546 e. The molecule has 0 fully saturated rings. The molecule has 0 saturated heterocycles. The van der Waals surface area contributed by atoms with Gasteiger partial charge in [0.1, 0.15) is 0 Å². The number of aliphatic carboxylic acids is 1. The summed E-state index contributed by atoms with van der Waals surface area (Å²) in [7, 11) is 0. The molecule has 0 aliphatic heterocycles. The summed E-state index contributed by atoms with van der Waals surface area (Å²) in [6, 6.07) is 18.1. The fraction of sp³-hybridized carbons (Fsp3) is 0.222. The summed E-state index contributed by atoms with van der Waals surface area (Å²) in [6.45, 7) is 1.20. The number of ether oxygens (including phenoxy) is 1. The Morgan fingerprint density at radius 2 is 1.30 bits per heavy atom. The number of esters is 1. The molecule has 0 unspecified atom stereocenters. The summed E-state index contributed by atoms with van der Waals surface area (Å²) in [5.41, 5.74) is -0.179. The first-order valence-corrected chi connectivity index (χ1v) is 7.01. The van der Waals surface area contributed by atoms with Crippen molar-refractivity contribution in [1.82, 2.24) is 0 Å². The van der Waals surface area contributed by atoms with Gasteiger partial charge in [0.25, 0.3) is 0 Å². The van der Waals surface area contributed by atoms with E-state index in [0.717, 1.165) is 11.1 Å². The molecule has 0 aliphatic carbocycles. The normalized spacial score (nSPS) is 10.5. The monoisotopic (exact) mass is 320 g/mol.